The van der Waals surface area contributed by atoms with E-state index < -0.39 is 0 Å². The summed E-state index contributed by atoms with van der Waals surface area (Å²) < 4.78 is 5.75. The summed E-state index contributed by atoms with van der Waals surface area (Å²) in [7, 11) is 0. The quantitative estimate of drug-likeness (QED) is 0.738. The number of nitrogens with zero attached hydrogens (tertiary/aromatic N) is 1. The zero-order valence-electron chi connectivity index (χ0n) is 11.7. The first kappa shape index (κ1) is 13.4. The van der Waals surface area contributed by atoms with Crippen molar-refractivity contribution in [3.8, 4) is 5.75 Å². The molecule has 0 amide bonds. The van der Waals surface area contributed by atoms with Crippen molar-refractivity contribution in [1.82, 2.24) is 4.90 Å². The minimum absolute atomic E-state index is 0.828. The molecule has 2 nitrogen and oxygen atoms in total. The Balaban J connectivity index is 1.60. The van der Waals surface area contributed by atoms with Gasteiger partial charge in [0, 0.05) is 6.54 Å². The molecule has 1 saturated heterocycles. The molecule has 0 aliphatic carbocycles. The van der Waals surface area contributed by atoms with Gasteiger partial charge >= 0.3 is 0 Å². The van der Waals surface area contributed by atoms with E-state index in [9.17, 15) is 0 Å². The molecule has 0 spiro atoms. The lowest BCUT2D eigenvalue weighted by atomic mass is 9.99. The van der Waals surface area contributed by atoms with Gasteiger partial charge in [-0.15, -0.1) is 0 Å². The summed E-state index contributed by atoms with van der Waals surface area (Å²) in [5.74, 6) is 1.91. The average molecular weight is 247 g/mol. The highest BCUT2D eigenvalue weighted by atomic mass is 16.5. The standard InChI is InChI=1S/C16H25NO/c1-14-4-6-16(7-5-14)18-13-3-10-17-11-8-15(2)9-12-17/h4-7,15H,3,8-13H2,1-2H3. The second kappa shape index (κ2) is 6.79. The monoisotopic (exact) mass is 247 g/mol. The number of aryl methyl sites for hydroxylation is 1. The van der Waals surface area contributed by atoms with Crippen molar-refractivity contribution < 1.29 is 4.74 Å². The SMILES string of the molecule is Cc1ccc(OCCCN2CCC(C)CC2)cc1. The van der Waals surface area contributed by atoms with E-state index in [0.717, 1.165) is 24.7 Å². The summed E-state index contributed by atoms with van der Waals surface area (Å²) in [4.78, 5) is 2.57. The van der Waals surface area contributed by atoms with Crippen LogP contribution in [0.3, 0.4) is 0 Å². The van der Waals surface area contributed by atoms with Crippen molar-refractivity contribution in [3.63, 3.8) is 0 Å². The van der Waals surface area contributed by atoms with Crippen molar-refractivity contribution in [1.29, 1.82) is 0 Å². The number of rotatable bonds is 5. The smallest absolute Gasteiger partial charge is 0.119 e. The molecular weight excluding hydrogens is 222 g/mol. The van der Waals surface area contributed by atoms with Crippen molar-refractivity contribution in [2.75, 3.05) is 26.2 Å². The number of ether oxygens (including phenoxy) is 1. The fourth-order valence-corrected chi connectivity index (χ4v) is 2.40. The molecule has 18 heavy (non-hydrogen) atoms. The van der Waals surface area contributed by atoms with Gasteiger partial charge in [-0.05, 0) is 57.3 Å². The van der Waals surface area contributed by atoms with Gasteiger partial charge in [-0.2, -0.15) is 0 Å². The molecule has 0 unspecified atom stereocenters. The molecule has 0 atom stereocenters. The third kappa shape index (κ3) is 4.34. The van der Waals surface area contributed by atoms with E-state index in [1.807, 2.05) is 0 Å². The first-order valence-electron chi connectivity index (χ1n) is 7.16. The van der Waals surface area contributed by atoms with Crippen LogP contribution in [-0.2, 0) is 0 Å². The van der Waals surface area contributed by atoms with Gasteiger partial charge in [0.1, 0.15) is 5.75 Å². The van der Waals surface area contributed by atoms with E-state index in [0.29, 0.717) is 0 Å². The molecule has 2 heteroatoms. The van der Waals surface area contributed by atoms with Crippen LogP contribution in [-0.4, -0.2) is 31.1 Å². The van der Waals surface area contributed by atoms with Gasteiger partial charge in [0.2, 0.25) is 0 Å². The Kier molecular flexibility index (Phi) is 5.06. The van der Waals surface area contributed by atoms with E-state index >= 15 is 0 Å². The van der Waals surface area contributed by atoms with Gasteiger partial charge in [-0.3, -0.25) is 0 Å². The lowest BCUT2D eigenvalue weighted by Gasteiger charge is -2.30. The van der Waals surface area contributed by atoms with Gasteiger partial charge in [0.25, 0.3) is 0 Å². The third-order valence-electron chi connectivity index (χ3n) is 3.78. The van der Waals surface area contributed by atoms with E-state index in [1.54, 1.807) is 0 Å². The van der Waals surface area contributed by atoms with Crippen LogP contribution in [0.1, 0.15) is 31.7 Å². The Bertz CT molecular complexity index is 339. The second-order valence-corrected chi connectivity index (χ2v) is 5.54. The van der Waals surface area contributed by atoms with Crippen LogP contribution in [0.2, 0.25) is 0 Å². The fourth-order valence-electron chi connectivity index (χ4n) is 2.40. The lowest BCUT2D eigenvalue weighted by molar-refractivity contribution is 0.177. The molecule has 1 fully saturated rings. The zero-order valence-corrected chi connectivity index (χ0v) is 11.7. The predicted molar refractivity (Wildman–Crippen MR) is 76.1 cm³/mol. The summed E-state index contributed by atoms with van der Waals surface area (Å²) >= 11 is 0. The Hall–Kier alpha value is -1.02. The van der Waals surface area contributed by atoms with Gasteiger partial charge in [-0.1, -0.05) is 24.6 Å². The fraction of sp³-hybridized carbons (Fsp3) is 0.625. The maximum Gasteiger partial charge on any atom is 0.119 e. The van der Waals surface area contributed by atoms with Gasteiger partial charge in [-0.25, -0.2) is 0 Å². The van der Waals surface area contributed by atoms with E-state index in [-0.39, 0.29) is 0 Å². The first-order valence-corrected chi connectivity index (χ1v) is 7.16. The van der Waals surface area contributed by atoms with Crippen molar-refractivity contribution in [2.45, 2.75) is 33.1 Å². The second-order valence-electron chi connectivity index (χ2n) is 5.54. The van der Waals surface area contributed by atoms with E-state index in [2.05, 4.69) is 43.0 Å². The normalized spacial score (nSPS) is 17.9. The molecule has 1 aliphatic heterocycles. The van der Waals surface area contributed by atoms with Gasteiger partial charge in [0.05, 0.1) is 6.61 Å². The van der Waals surface area contributed by atoms with Crippen LogP contribution in [0.25, 0.3) is 0 Å². The number of hydrogen-bond acceptors (Lipinski definition) is 2. The topological polar surface area (TPSA) is 12.5 Å². The highest BCUT2D eigenvalue weighted by Gasteiger charge is 2.14. The van der Waals surface area contributed by atoms with Gasteiger partial charge in [0.15, 0.2) is 0 Å². The molecule has 2 rings (SSSR count). The minimum atomic E-state index is 0.828. The van der Waals surface area contributed by atoms with Crippen LogP contribution in [0.15, 0.2) is 24.3 Å². The number of piperidine rings is 1. The van der Waals surface area contributed by atoms with Gasteiger partial charge < -0.3 is 9.64 Å². The predicted octanol–water partition coefficient (Wildman–Crippen LogP) is 3.50. The Morgan fingerprint density at radius 1 is 1.17 bits per heavy atom. The van der Waals surface area contributed by atoms with Crippen LogP contribution in [0.5, 0.6) is 5.75 Å². The molecule has 1 aromatic carbocycles. The molecule has 0 radical (unpaired) electrons. The third-order valence-corrected chi connectivity index (χ3v) is 3.78. The molecule has 1 aliphatic rings. The van der Waals surface area contributed by atoms with Crippen LogP contribution in [0.4, 0.5) is 0 Å². The summed E-state index contributed by atoms with van der Waals surface area (Å²) in [5.41, 5.74) is 1.28. The van der Waals surface area contributed by atoms with Crippen molar-refractivity contribution in [2.24, 2.45) is 5.92 Å². The van der Waals surface area contributed by atoms with Crippen LogP contribution < -0.4 is 4.74 Å². The summed E-state index contributed by atoms with van der Waals surface area (Å²) in [6.45, 7) is 9.00. The largest absolute Gasteiger partial charge is 0.494 e. The first-order chi connectivity index (χ1) is 8.74. The van der Waals surface area contributed by atoms with Crippen LogP contribution >= 0.6 is 0 Å². The number of benzene rings is 1. The maximum absolute atomic E-state index is 5.75. The van der Waals surface area contributed by atoms with Crippen molar-refractivity contribution >= 4 is 0 Å². The highest BCUT2D eigenvalue weighted by Crippen LogP contribution is 2.16. The highest BCUT2D eigenvalue weighted by molar-refractivity contribution is 5.26. The van der Waals surface area contributed by atoms with Crippen molar-refractivity contribution in [3.05, 3.63) is 29.8 Å². The number of likely N-dealkylation sites (tertiary alicyclic amines) is 1. The molecule has 0 saturated carbocycles. The molecular formula is C16H25NO. The summed E-state index contributed by atoms with van der Waals surface area (Å²) in [5, 5.41) is 0. The Morgan fingerprint density at radius 3 is 2.50 bits per heavy atom. The minimum Gasteiger partial charge on any atom is -0.494 e. The number of hydrogen-bond donors (Lipinski definition) is 0. The molecule has 0 aromatic heterocycles. The molecule has 0 N–H and O–H groups in total. The van der Waals surface area contributed by atoms with E-state index in [4.69, 9.17) is 4.74 Å². The van der Waals surface area contributed by atoms with E-state index in [1.165, 1.54) is 38.0 Å². The molecule has 0 bridgehead atoms. The average Bonchev–Trinajstić information content (AvgIpc) is 2.39. The lowest BCUT2D eigenvalue weighted by Crippen LogP contribution is -2.34. The Morgan fingerprint density at radius 2 is 1.83 bits per heavy atom. The summed E-state index contributed by atoms with van der Waals surface area (Å²) in [6, 6.07) is 8.30. The summed E-state index contributed by atoms with van der Waals surface area (Å²) in [6.07, 6.45) is 3.85. The molecule has 100 valence electrons. The molecule has 1 heterocycles. The van der Waals surface area contributed by atoms with Crippen LogP contribution in [0, 0.1) is 12.8 Å². The maximum atomic E-state index is 5.75. The Labute approximate surface area is 111 Å². The zero-order chi connectivity index (χ0) is 12.8. The molecule has 1 aromatic rings.